The van der Waals surface area contributed by atoms with E-state index in [1.165, 1.54) is 6.07 Å². The highest BCUT2D eigenvalue weighted by Crippen LogP contribution is 2.52. The predicted octanol–water partition coefficient (Wildman–Crippen LogP) is 5.19. The minimum Gasteiger partial charge on any atom is -0.481 e. The highest BCUT2D eigenvalue weighted by Gasteiger charge is 2.52. The number of aromatic nitrogens is 1. The van der Waals surface area contributed by atoms with Crippen molar-refractivity contribution in [3.05, 3.63) is 35.3 Å². The lowest BCUT2D eigenvalue weighted by Crippen LogP contribution is -2.54. The second-order valence-electron chi connectivity index (χ2n) is 10.1. The zero-order chi connectivity index (χ0) is 24.1. The smallest absolute Gasteiger partial charge is 0.412 e. The molecule has 1 amide bonds. The molecule has 2 aromatic rings. The van der Waals surface area contributed by atoms with Gasteiger partial charge < -0.3 is 19.1 Å². The first-order valence-corrected chi connectivity index (χ1v) is 11.8. The fourth-order valence-corrected chi connectivity index (χ4v) is 5.38. The Labute approximate surface area is 196 Å². The van der Waals surface area contributed by atoms with Crippen molar-refractivity contribution in [3.63, 3.8) is 0 Å². The molecule has 2 bridgehead atoms. The number of anilines is 1. The SMILES string of the molecule is Cc1noc(-c2ccc(C34CCC(CC(=O)O)(CC3)OC4)c(F)c2)c1NC(=O)O[C@H](C)C1CC1. The van der Waals surface area contributed by atoms with Crippen LogP contribution < -0.4 is 5.32 Å². The maximum absolute atomic E-state index is 15.4. The van der Waals surface area contributed by atoms with E-state index >= 15 is 4.39 Å². The molecule has 0 radical (unpaired) electrons. The summed E-state index contributed by atoms with van der Waals surface area (Å²) in [6, 6.07) is 4.88. The molecule has 9 heteroatoms. The number of benzene rings is 1. The van der Waals surface area contributed by atoms with Gasteiger partial charge in [-0.1, -0.05) is 17.3 Å². The molecule has 4 aliphatic rings. The molecule has 2 N–H and O–H groups in total. The van der Waals surface area contributed by atoms with Crippen molar-refractivity contribution in [2.24, 2.45) is 5.92 Å². The molecule has 34 heavy (non-hydrogen) atoms. The van der Waals surface area contributed by atoms with E-state index in [2.05, 4.69) is 10.5 Å². The van der Waals surface area contributed by atoms with Gasteiger partial charge in [-0.3, -0.25) is 10.1 Å². The molecule has 8 nitrogen and oxygen atoms in total. The number of hydrogen-bond donors (Lipinski definition) is 2. The first-order valence-electron chi connectivity index (χ1n) is 11.8. The van der Waals surface area contributed by atoms with Crippen LogP contribution in [0.2, 0.25) is 0 Å². The topological polar surface area (TPSA) is 111 Å². The van der Waals surface area contributed by atoms with Crippen LogP contribution >= 0.6 is 0 Å². The molecule has 1 atom stereocenters. The minimum absolute atomic E-state index is 0.0208. The summed E-state index contributed by atoms with van der Waals surface area (Å²) < 4.78 is 32.3. The molecule has 0 spiro atoms. The predicted molar refractivity (Wildman–Crippen MR) is 120 cm³/mol. The van der Waals surface area contributed by atoms with Gasteiger partial charge in [0.15, 0.2) is 5.76 Å². The van der Waals surface area contributed by atoms with Crippen LogP contribution in [0.4, 0.5) is 14.9 Å². The van der Waals surface area contributed by atoms with Crippen molar-refractivity contribution in [1.82, 2.24) is 5.16 Å². The maximum Gasteiger partial charge on any atom is 0.412 e. The number of fused-ring (bicyclic) bond motifs is 3. The van der Waals surface area contributed by atoms with Gasteiger partial charge in [0.25, 0.3) is 0 Å². The third-order valence-electron chi connectivity index (χ3n) is 7.72. The molecule has 4 fully saturated rings. The van der Waals surface area contributed by atoms with Crippen LogP contribution in [0.5, 0.6) is 0 Å². The lowest BCUT2D eigenvalue weighted by Gasteiger charge is -2.53. The van der Waals surface area contributed by atoms with Gasteiger partial charge in [0.1, 0.15) is 23.3 Å². The van der Waals surface area contributed by atoms with Crippen LogP contribution in [0.15, 0.2) is 22.7 Å². The molecule has 182 valence electrons. The fraction of sp³-hybridized carbons (Fsp3) is 0.560. The van der Waals surface area contributed by atoms with Crippen molar-refractivity contribution in [3.8, 4) is 11.3 Å². The average Bonchev–Trinajstić information content (AvgIpc) is 3.59. The molecule has 6 rings (SSSR count). The number of amides is 1. The van der Waals surface area contributed by atoms with Crippen LogP contribution in [-0.4, -0.2) is 40.6 Å². The number of hydrogen-bond acceptors (Lipinski definition) is 6. The third-order valence-corrected chi connectivity index (χ3v) is 7.72. The number of rotatable bonds is 7. The number of aryl methyl sites for hydroxylation is 1. The van der Waals surface area contributed by atoms with E-state index in [0.29, 0.717) is 60.7 Å². The summed E-state index contributed by atoms with van der Waals surface area (Å²) in [5, 5.41) is 15.9. The zero-order valence-corrected chi connectivity index (χ0v) is 19.4. The van der Waals surface area contributed by atoms with E-state index in [1.54, 1.807) is 19.1 Å². The summed E-state index contributed by atoms with van der Waals surface area (Å²) in [4.78, 5) is 23.6. The molecular weight excluding hydrogens is 443 g/mol. The second-order valence-corrected chi connectivity index (χ2v) is 10.1. The number of aliphatic carboxylic acids is 1. The zero-order valence-electron chi connectivity index (χ0n) is 19.4. The second kappa shape index (κ2) is 8.37. The van der Waals surface area contributed by atoms with Gasteiger partial charge in [0, 0.05) is 11.0 Å². The molecule has 1 aromatic carbocycles. The maximum atomic E-state index is 15.4. The molecule has 3 heterocycles. The van der Waals surface area contributed by atoms with E-state index in [-0.39, 0.29) is 18.3 Å². The molecule has 0 unspecified atom stereocenters. The van der Waals surface area contributed by atoms with E-state index in [0.717, 1.165) is 12.8 Å². The Morgan fingerprint density at radius 2 is 2.03 bits per heavy atom. The lowest BCUT2D eigenvalue weighted by atomic mass is 9.62. The Hall–Kier alpha value is -2.94. The van der Waals surface area contributed by atoms with Crippen molar-refractivity contribution in [2.45, 2.75) is 75.9 Å². The molecule has 2 aliphatic heterocycles. The van der Waals surface area contributed by atoms with Crippen molar-refractivity contribution < 1.29 is 33.1 Å². The molecule has 2 saturated carbocycles. The van der Waals surface area contributed by atoms with Gasteiger partial charge in [-0.2, -0.15) is 0 Å². The number of carboxylic acid groups (broad SMARTS) is 1. The van der Waals surface area contributed by atoms with Crippen LogP contribution in [0.1, 0.15) is 63.1 Å². The lowest BCUT2D eigenvalue weighted by molar-refractivity contribution is -0.175. The van der Waals surface area contributed by atoms with Crippen molar-refractivity contribution in [1.29, 1.82) is 0 Å². The van der Waals surface area contributed by atoms with E-state index in [1.807, 2.05) is 6.92 Å². The number of nitrogens with zero attached hydrogens (tertiary/aromatic N) is 1. The molecular formula is C25H29FN2O6. The van der Waals surface area contributed by atoms with Gasteiger partial charge in [0.05, 0.1) is 18.6 Å². The van der Waals surface area contributed by atoms with Crippen LogP contribution in [0, 0.1) is 18.7 Å². The largest absolute Gasteiger partial charge is 0.481 e. The summed E-state index contributed by atoms with van der Waals surface area (Å²) in [5.41, 5.74) is 0.740. The minimum atomic E-state index is -0.873. The van der Waals surface area contributed by atoms with E-state index < -0.39 is 28.9 Å². The van der Waals surface area contributed by atoms with Crippen molar-refractivity contribution >= 4 is 17.7 Å². The first-order chi connectivity index (χ1) is 16.2. The number of carbonyl (C=O) groups excluding carboxylic acids is 1. The Balaban J connectivity index is 1.34. The Kier molecular flexibility index (Phi) is 5.62. The standard InChI is InChI=1S/C25H29FN2O6/c1-14-21(27-23(31)33-15(2)16-3-4-16)22(34-28-14)17-5-6-18(19(26)11-17)24-7-9-25(10-8-24,32-13-24)12-20(29)30/h5-6,11,15-16H,3-4,7-10,12-13H2,1-2H3,(H,27,31)(H,29,30)/t15-,24?,25?/m1/s1. The van der Waals surface area contributed by atoms with Crippen LogP contribution in [-0.2, 0) is 19.7 Å². The number of halogens is 1. The summed E-state index contributed by atoms with van der Waals surface area (Å²) in [7, 11) is 0. The Morgan fingerprint density at radius 1 is 1.29 bits per heavy atom. The number of carbonyl (C=O) groups is 2. The Morgan fingerprint density at radius 3 is 2.62 bits per heavy atom. The summed E-state index contributed by atoms with van der Waals surface area (Å²) >= 11 is 0. The number of nitrogens with one attached hydrogen (secondary N) is 1. The quantitative estimate of drug-likeness (QED) is 0.570. The van der Waals surface area contributed by atoms with E-state index in [9.17, 15) is 14.7 Å². The number of carboxylic acids is 1. The van der Waals surface area contributed by atoms with Gasteiger partial charge >= 0.3 is 12.1 Å². The normalized spacial score (nSPS) is 26.8. The van der Waals surface area contributed by atoms with Gasteiger partial charge in [-0.25, -0.2) is 9.18 Å². The van der Waals surface area contributed by atoms with Crippen molar-refractivity contribution in [2.75, 3.05) is 11.9 Å². The van der Waals surface area contributed by atoms with Gasteiger partial charge in [-0.05, 0) is 69.9 Å². The summed E-state index contributed by atoms with van der Waals surface area (Å²) in [5.74, 6) is -0.589. The number of ether oxygens (including phenoxy) is 2. The van der Waals surface area contributed by atoms with E-state index in [4.69, 9.17) is 14.0 Å². The molecule has 1 aromatic heterocycles. The highest BCUT2D eigenvalue weighted by molar-refractivity contribution is 5.90. The van der Waals surface area contributed by atoms with Crippen LogP contribution in [0.3, 0.4) is 0 Å². The molecule has 2 aliphatic carbocycles. The summed E-state index contributed by atoms with van der Waals surface area (Å²) in [6.07, 6.45) is 3.89. The summed E-state index contributed by atoms with van der Waals surface area (Å²) in [6.45, 7) is 3.87. The monoisotopic (exact) mass is 472 g/mol. The van der Waals surface area contributed by atoms with Gasteiger partial charge in [-0.15, -0.1) is 0 Å². The van der Waals surface area contributed by atoms with Crippen LogP contribution in [0.25, 0.3) is 11.3 Å². The highest BCUT2D eigenvalue weighted by atomic mass is 19.1. The fourth-order valence-electron chi connectivity index (χ4n) is 5.38. The molecule has 2 saturated heterocycles. The first kappa shape index (κ1) is 22.8. The Bertz CT molecular complexity index is 1100. The van der Waals surface area contributed by atoms with Gasteiger partial charge in [0.2, 0.25) is 0 Å². The third kappa shape index (κ3) is 4.17. The average molecular weight is 473 g/mol.